The second-order valence-electron chi connectivity index (χ2n) is 8.50. The Morgan fingerprint density at radius 1 is 0.710 bits per heavy atom. The summed E-state index contributed by atoms with van der Waals surface area (Å²) < 4.78 is 0. The zero-order valence-corrected chi connectivity index (χ0v) is 18.8. The molecule has 0 aromatic carbocycles. The van der Waals surface area contributed by atoms with Crippen LogP contribution in [0, 0.1) is 11.8 Å². The summed E-state index contributed by atoms with van der Waals surface area (Å²) in [7, 11) is 0. The molecular weight excluding hydrogens is 408 g/mol. The molecule has 11 nitrogen and oxygen atoms in total. The predicted molar refractivity (Wildman–Crippen MR) is 113 cm³/mol. The number of carbonyl (C=O) groups excluding carboxylic acids is 3. The number of carbonyl (C=O) groups is 5. The first-order valence-corrected chi connectivity index (χ1v) is 10.4. The van der Waals surface area contributed by atoms with Crippen molar-refractivity contribution in [3.05, 3.63) is 0 Å². The molecule has 0 rings (SSSR count). The van der Waals surface area contributed by atoms with Crippen LogP contribution in [0.15, 0.2) is 0 Å². The Hall–Kier alpha value is -2.69. The van der Waals surface area contributed by atoms with E-state index in [2.05, 4.69) is 16.0 Å². The standard InChI is InChI=1S/C20H36N4O7/c1-10(2)8-14(19(29)24-15(20(30)31)9-11(3)4)23-18(28)13(6-7-16(25)26)22-17(27)12(5)21/h10-15H,6-9,21H2,1-5H3,(H,22,27)(H,23,28)(H,24,29)(H,25,26)(H,30,31). The largest absolute Gasteiger partial charge is 0.481 e. The number of nitrogens with two attached hydrogens (primary N) is 1. The summed E-state index contributed by atoms with van der Waals surface area (Å²) in [6.45, 7) is 8.72. The van der Waals surface area contributed by atoms with Gasteiger partial charge in [0.25, 0.3) is 0 Å². The molecule has 3 amide bonds. The van der Waals surface area contributed by atoms with Gasteiger partial charge in [0.15, 0.2) is 0 Å². The van der Waals surface area contributed by atoms with Crippen molar-refractivity contribution in [3.8, 4) is 0 Å². The van der Waals surface area contributed by atoms with Gasteiger partial charge in [0.1, 0.15) is 18.1 Å². The third-order valence-corrected chi connectivity index (χ3v) is 4.36. The molecule has 0 saturated heterocycles. The van der Waals surface area contributed by atoms with Crippen LogP contribution < -0.4 is 21.7 Å². The van der Waals surface area contributed by atoms with Crippen LogP contribution in [-0.2, 0) is 24.0 Å². The van der Waals surface area contributed by atoms with Crippen LogP contribution in [0.4, 0.5) is 0 Å². The monoisotopic (exact) mass is 444 g/mol. The molecule has 0 aromatic heterocycles. The lowest BCUT2D eigenvalue weighted by Crippen LogP contribution is -2.57. The van der Waals surface area contributed by atoms with Crippen LogP contribution in [0.2, 0.25) is 0 Å². The van der Waals surface area contributed by atoms with Gasteiger partial charge in [-0.25, -0.2) is 4.79 Å². The lowest BCUT2D eigenvalue weighted by atomic mass is 10.00. The van der Waals surface area contributed by atoms with Crippen molar-refractivity contribution >= 4 is 29.7 Å². The van der Waals surface area contributed by atoms with Crippen molar-refractivity contribution in [1.82, 2.24) is 16.0 Å². The topological polar surface area (TPSA) is 188 Å². The van der Waals surface area contributed by atoms with Crippen LogP contribution >= 0.6 is 0 Å². The SMILES string of the molecule is CC(C)CC(NC(=O)C(CC(C)C)NC(=O)C(CCC(=O)O)NC(=O)C(C)N)C(=O)O. The van der Waals surface area contributed by atoms with Gasteiger partial charge < -0.3 is 31.9 Å². The van der Waals surface area contributed by atoms with Gasteiger partial charge in [0.05, 0.1) is 6.04 Å². The molecular formula is C20H36N4O7. The summed E-state index contributed by atoms with van der Waals surface area (Å²) >= 11 is 0. The fourth-order valence-corrected chi connectivity index (χ4v) is 2.78. The van der Waals surface area contributed by atoms with Crippen LogP contribution in [0.5, 0.6) is 0 Å². The predicted octanol–water partition coefficient (Wildman–Crippen LogP) is -0.170. The molecule has 0 fully saturated rings. The van der Waals surface area contributed by atoms with Crippen LogP contribution in [-0.4, -0.2) is 64.0 Å². The molecule has 0 saturated carbocycles. The first-order chi connectivity index (χ1) is 14.2. The molecule has 0 aromatic rings. The fraction of sp³-hybridized carbons (Fsp3) is 0.750. The first-order valence-electron chi connectivity index (χ1n) is 10.4. The first kappa shape index (κ1) is 28.3. The van der Waals surface area contributed by atoms with Gasteiger partial charge in [-0.3, -0.25) is 19.2 Å². The number of carboxylic acids is 2. The number of nitrogens with one attached hydrogen (secondary N) is 3. The van der Waals surface area contributed by atoms with Gasteiger partial charge in [0.2, 0.25) is 17.7 Å². The molecule has 31 heavy (non-hydrogen) atoms. The van der Waals surface area contributed by atoms with E-state index in [1.165, 1.54) is 6.92 Å². The highest BCUT2D eigenvalue weighted by Gasteiger charge is 2.30. The summed E-state index contributed by atoms with van der Waals surface area (Å²) in [5.41, 5.74) is 5.50. The van der Waals surface area contributed by atoms with Crippen LogP contribution in [0.3, 0.4) is 0 Å². The smallest absolute Gasteiger partial charge is 0.326 e. The summed E-state index contributed by atoms with van der Waals surface area (Å²) in [4.78, 5) is 59.8. The number of hydrogen-bond acceptors (Lipinski definition) is 6. The highest BCUT2D eigenvalue weighted by Crippen LogP contribution is 2.10. The van der Waals surface area contributed by atoms with Crippen molar-refractivity contribution in [2.75, 3.05) is 0 Å². The van der Waals surface area contributed by atoms with Crippen molar-refractivity contribution in [1.29, 1.82) is 0 Å². The molecule has 0 aliphatic heterocycles. The Morgan fingerprint density at radius 3 is 1.55 bits per heavy atom. The fourth-order valence-electron chi connectivity index (χ4n) is 2.78. The van der Waals surface area contributed by atoms with Gasteiger partial charge in [0, 0.05) is 6.42 Å². The molecule has 0 aliphatic rings. The van der Waals surface area contributed by atoms with Crippen molar-refractivity contribution in [3.63, 3.8) is 0 Å². The summed E-state index contributed by atoms with van der Waals surface area (Å²) in [5, 5.41) is 25.6. The van der Waals surface area contributed by atoms with E-state index < -0.39 is 53.8 Å². The molecule has 4 atom stereocenters. The number of rotatable bonds is 14. The number of amides is 3. The molecule has 178 valence electrons. The van der Waals surface area contributed by atoms with Crippen molar-refractivity contribution in [2.24, 2.45) is 17.6 Å². The zero-order chi connectivity index (χ0) is 24.3. The highest BCUT2D eigenvalue weighted by molar-refractivity contribution is 5.94. The third kappa shape index (κ3) is 11.9. The van der Waals surface area contributed by atoms with E-state index in [1.807, 2.05) is 27.7 Å². The normalized spacial score (nSPS) is 15.0. The van der Waals surface area contributed by atoms with Crippen LogP contribution in [0.1, 0.15) is 60.3 Å². The van der Waals surface area contributed by atoms with Crippen molar-refractivity contribution < 1.29 is 34.2 Å². The van der Waals surface area contributed by atoms with E-state index in [0.717, 1.165) is 0 Å². The maximum Gasteiger partial charge on any atom is 0.326 e. The minimum atomic E-state index is -1.21. The lowest BCUT2D eigenvalue weighted by molar-refractivity contribution is -0.143. The maximum atomic E-state index is 12.8. The molecule has 0 heterocycles. The second-order valence-corrected chi connectivity index (χ2v) is 8.50. The van der Waals surface area contributed by atoms with E-state index in [9.17, 15) is 29.1 Å². The Bertz CT molecular complexity index is 649. The Balaban J connectivity index is 5.47. The number of carboxylic acid groups (broad SMARTS) is 2. The van der Waals surface area contributed by atoms with E-state index in [-0.39, 0.29) is 37.5 Å². The molecule has 0 aliphatic carbocycles. The van der Waals surface area contributed by atoms with Crippen LogP contribution in [0.25, 0.3) is 0 Å². The zero-order valence-electron chi connectivity index (χ0n) is 18.8. The number of hydrogen-bond donors (Lipinski definition) is 6. The van der Waals surface area contributed by atoms with Crippen molar-refractivity contribution in [2.45, 2.75) is 84.5 Å². The average Bonchev–Trinajstić information content (AvgIpc) is 2.62. The van der Waals surface area contributed by atoms with Gasteiger partial charge in [-0.2, -0.15) is 0 Å². The van der Waals surface area contributed by atoms with Gasteiger partial charge in [-0.1, -0.05) is 27.7 Å². The van der Waals surface area contributed by atoms with Gasteiger partial charge >= 0.3 is 11.9 Å². The minimum Gasteiger partial charge on any atom is -0.481 e. The van der Waals surface area contributed by atoms with E-state index in [0.29, 0.717) is 0 Å². The van der Waals surface area contributed by atoms with E-state index in [1.54, 1.807) is 0 Å². The Labute approximate surface area is 182 Å². The third-order valence-electron chi connectivity index (χ3n) is 4.36. The lowest BCUT2D eigenvalue weighted by Gasteiger charge is -2.26. The maximum absolute atomic E-state index is 12.8. The highest BCUT2D eigenvalue weighted by atomic mass is 16.4. The summed E-state index contributed by atoms with van der Waals surface area (Å²) in [6.07, 6.45) is -0.137. The van der Waals surface area contributed by atoms with E-state index in [4.69, 9.17) is 10.8 Å². The molecule has 0 bridgehead atoms. The van der Waals surface area contributed by atoms with Gasteiger partial charge in [-0.05, 0) is 38.0 Å². The Kier molecular flexibility index (Phi) is 12.4. The second kappa shape index (κ2) is 13.6. The molecule has 7 N–H and O–H groups in total. The van der Waals surface area contributed by atoms with Gasteiger partial charge in [-0.15, -0.1) is 0 Å². The molecule has 0 radical (unpaired) electrons. The Morgan fingerprint density at radius 2 is 1.13 bits per heavy atom. The van der Waals surface area contributed by atoms with E-state index >= 15 is 0 Å². The minimum absolute atomic E-state index is 0.0134. The summed E-state index contributed by atoms with van der Waals surface area (Å²) in [6, 6.07) is -4.29. The molecule has 0 spiro atoms. The quantitative estimate of drug-likeness (QED) is 0.213. The molecule has 11 heteroatoms. The number of aliphatic carboxylic acids is 2. The average molecular weight is 445 g/mol. The summed E-state index contributed by atoms with van der Waals surface area (Å²) in [5.74, 6) is -4.37. The molecule has 4 unspecified atom stereocenters.